The van der Waals surface area contributed by atoms with Gasteiger partial charge in [0.2, 0.25) is 5.91 Å². The lowest BCUT2D eigenvalue weighted by Crippen LogP contribution is -2.39. The highest BCUT2D eigenvalue weighted by Gasteiger charge is 2.27. The molecule has 0 fully saturated rings. The maximum Gasteiger partial charge on any atom is 0.261 e. The molecule has 2 aromatic rings. The van der Waals surface area contributed by atoms with Crippen molar-refractivity contribution >= 4 is 16.8 Å². The summed E-state index contributed by atoms with van der Waals surface area (Å²) in [4.78, 5) is 32.5. The molecule has 0 saturated carbocycles. The first kappa shape index (κ1) is 21.1. The number of fused-ring (bicyclic) bond motifs is 1. The van der Waals surface area contributed by atoms with Crippen molar-refractivity contribution < 1.29 is 4.79 Å². The molecular weight excluding hydrogens is 338 g/mol. The zero-order valence-corrected chi connectivity index (χ0v) is 17.4. The van der Waals surface area contributed by atoms with Crippen LogP contribution in [0.15, 0.2) is 29.1 Å². The van der Waals surface area contributed by atoms with E-state index in [1.54, 1.807) is 17.7 Å². The first-order valence-corrected chi connectivity index (χ1v) is 10.2. The van der Waals surface area contributed by atoms with E-state index >= 15 is 0 Å². The van der Waals surface area contributed by atoms with E-state index in [0.29, 0.717) is 35.6 Å². The van der Waals surface area contributed by atoms with E-state index in [1.807, 2.05) is 23.1 Å². The lowest BCUT2D eigenvalue weighted by molar-refractivity contribution is -0.134. The van der Waals surface area contributed by atoms with E-state index in [4.69, 9.17) is 4.98 Å². The molecule has 0 aliphatic heterocycles. The highest BCUT2D eigenvalue weighted by atomic mass is 16.2. The van der Waals surface area contributed by atoms with Crippen molar-refractivity contribution in [1.82, 2.24) is 14.5 Å². The van der Waals surface area contributed by atoms with Crippen molar-refractivity contribution in [3.63, 3.8) is 0 Å². The van der Waals surface area contributed by atoms with Crippen LogP contribution in [0.1, 0.15) is 71.7 Å². The topological polar surface area (TPSA) is 55.2 Å². The second-order valence-electron chi connectivity index (χ2n) is 7.65. The summed E-state index contributed by atoms with van der Waals surface area (Å²) in [6, 6.07) is 7.23. The molecule has 2 rings (SSSR count). The second kappa shape index (κ2) is 9.67. The molecule has 1 aromatic heterocycles. The number of hydrogen-bond acceptors (Lipinski definition) is 3. The van der Waals surface area contributed by atoms with Gasteiger partial charge < -0.3 is 4.90 Å². The van der Waals surface area contributed by atoms with Crippen molar-refractivity contribution in [2.75, 3.05) is 6.54 Å². The van der Waals surface area contributed by atoms with Gasteiger partial charge in [-0.1, -0.05) is 46.2 Å². The number of carbonyl (C=O) groups is 1. The molecule has 5 nitrogen and oxygen atoms in total. The molecule has 1 amide bonds. The van der Waals surface area contributed by atoms with E-state index < -0.39 is 0 Å². The first-order valence-electron chi connectivity index (χ1n) is 10.2. The minimum absolute atomic E-state index is 0.0566. The number of benzene rings is 1. The monoisotopic (exact) mass is 371 g/mol. The van der Waals surface area contributed by atoms with Gasteiger partial charge >= 0.3 is 0 Å². The molecule has 27 heavy (non-hydrogen) atoms. The van der Waals surface area contributed by atoms with Gasteiger partial charge in [0.1, 0.15) is 5.82 Å². The predicted octanol–water partition coefficient (Wildman–Crippen LogP) is 4.45. The fourth-order valence-electron chi connectivity index (χ4n) is 3.40. The molecule has 0 radical (unpaired) electrons. The highest BCUT2D eigenvalue weighted by Crippen LogP contribution is 2.25. The summed E-state index contributed by atoms with van der Waals surface area (Å²) in [7, 11) is 1.76. The third-order valence-corrected chi connectivity index (χ3v) is 5.09. The standard InChI is InChI=1S/C22H33N3O2/c1-6-8-13-20(26)25(15-14-16(3)4)19(7-2)21-23-18-12-10-9-11-17(18)22(27)24(21)5/h9-12,16,19H,6-8,13-15H2,1-5H3. The Morgan fingerprint density at radius 1 is 1.22 bits per heavy atom. The Bertz CT molecular complexity index is 826. The minimum Gasteiger partial charge on any atom is -0.333 e. The number of aromatic nitrogens is 2. The average molecular weight is 372 g/mol. The quantitative estimate of drug-likeness (QED) is 0.654. The van der Waals surface area contributed by atoms with E-state index in [9.17, 15) is 9.59 Å². The van der Waals surface area contributed by atoms with Gasteiger partial charge in [0, 0.05) is 20.0 Å². The van der Waals surface area contributed by atoms with Crippen LogP contribution in [0.3, 0.4) is 0 Å². The number of unbranched alkanes of at least 4 members (excludes halogenated alkanes) is 1. The molecule has 1 atom stereocenters. The predicted molar refractivity (Wildman–Crippen MR) is 111 cm³/mol. The van der Waals surface area contributed by atoms with E-state index in [-0.39, 0.29) is 17.5 Å². The largest absolute Gasteiger partial charge is 0.333 e. The summed E-state index contributed by atoms with van der Waals surface area (Å²) >= 11 is 0. The van der Waals surface area contributed by atoms with Crippen molar-refractivity contribution in [3.8, 4) is 0 Å². The van der Waals surface area contributed by atoms with Crippen LogP contribution in [0, 0.1) is 5.92 Å². The highest BCUT2D eigenvalue weighted by molar-refractivity contribution is 5.78. The number of rotatable bonds is 9. The molecule has 0 aliphatic rings. The van der Waals surface area contributed by atoms with Crippen LogP contribution in [-0.4, -0.2) is 26.9 Å². The Hall–Kier alpha value is -2.17. The summed E-state index contributed by atoms with van der Waals surface area (Å²) in [5.41, 5.74) is 0.637. The first-order chi connectivity index (χ1) is 12.9. The van der Waals surface area contributed by atoms with Crippen LogP contribution in [-0.2, 0) is 11.8 Å². The van der Waals surface area contributed by atoms with Gasteiger partial charge in [-0.2, -0.15) is 0 Å². The molecule has 1 heterocycles. The van der Waals surface area contributed by atoms with Gasteiger partial charge in [0.15, 0.2) is 0 Å². The van der Waals surface area contributed by atoms with Crippen LogP contribution >= 0.6 is 0 Å². The fourth-order valence-corrected chi connectivity index (χ4v) is 3.40. The molecule has 0 aliphatic carbocycles. The van der Waals surface area contributed by atoms with E-state index in [1.165, 1.54) is 0 Å². The fraction of sp³-hybridized carbons (Fsp3) is 0.591. The van der Waals surface area contributed by atoms with Crippen molar-refractivity contribution in [2.45, 2.75) is 65.8 Å². The number of para-hydroxylation sites is 1. The summed E-state index contributed by atoms with van der Waals surface area (Å²) < 4.78 is 1.62. The van der Waals surface area contributed by atoms with Crippen LogP contribution < -0.4 is 5.56 Å². The summed E-state index contributed by atoms with van der Waals surface area (Å²) in [5, 5.41) is 0.615. The van der Waals surface area contributed by atoms with Crippen molar-refractivity contribution in [1.29, 1.82) is 0 Å². The number of hydrogen-bond donors (Lipinski definition) is 0. The van der Waals surface area contributed by atoms with Gasteiger partial charge in [-0.3, -0.25) is 14.2 Å². The number of amides is 1. The summed E-state index contributed by atoms with van der Waals surface area (Å²) in [6.45, 7) is 9.18. The zero-order chi connectivity index (χ0) is 20.0. The molecular formula is C22H33N3O2. The zero-order valence-electron chi connectivity index (χ0n) is 17.4. The maximum absolute atomic E-state index is 13.0. The Morgan fingerprint density at radius 3 is 2.56 bits per heavy atom. The van der Waals surface area contributed by atoms with Gasteiger partial charge in [-0.15, -0.1) is 0 Å². The van der Waals surface area contributed by atoms with Crippen LogP contribution in [0.25, 0.3) is 10.9 Å². The third-order valence-electron chi connectivity index (χ3n) is 5.09. The Morgan fingerprint density at radius 2 is 1.93 bits per heavy atom. The molecule has 1 unspecified atom stereocenters. The van der Waals surface area contributed by atoms with Crippen LogP contribution in [0.2, 0.25) is 0 Å². The van der Waals surface area contributed by atoms with Crippen molar-refractivity contribution in [3.05, 3.63) is 40.4 Å². The van der Waals surface area contributed by atoms with Gasteiger partial charge in [-0.05, 0) is 37.3 Å². The number of carbonyl (C=O) groups excluding carboxylic acids is 1. The van der Waals surface area contributed by atoms with E-state index in [0.717, 1.165) is 25.7 Å². The lowest BCUT2D eigenvalue weighted by Gasteiger charge is -2.32. The molecule has 5 heteroatoms. The average Bonchev–Trinajstić information content (AvgIpc) is 2.66. The molecule has 0 spiro atoms. The molecule has 148 valence electrons. The Kier molecular flexibility index (Phi) is 7.57. The lowest BCUT2D eigenvalue weighted by atomic mass is 10.1. The SMILES string of the molecule is CCCCC(=O)N(CCC(C)C)C(CC)c1nc2ccccc2c(=O)n1C. The summed E-state index contributed by atoms with van der Waals surface area (Å²) in [5.74, 6) is 1.35. The van der Waals surface area contributed by atoms with Crippen LogP contribution in [0.5, 0.6) is 0 Å². The Balaban J connectivity index is 2.48. The summed E-state index contributed by atoms with van der Waals surface area (Å²) in [6.07, 6.45) is 4.10. The third kappa shape index (κ3) is 4.96. The molecule has 0 N–H and O–H groups in total. The van der Waals surface area contributed by atoms with Gasteiger partial charge in [0.05, 0.1) is 16.9 Å². The minimum atomic E-state index is -0.185. The van der Waals surface area contributed by atoms with Crippen LogP contribution in [0.4, 0.5) is 0 Å². The maximum atomic E-state index is 13.0. The number of nitrogens with zero attached hydrogens (tertiary/aromatic N) is 3. The van der Waals surface area contributed by atoms with E-state index in [2.05, 4.69) is 27.7 Å². The van der Waals surface area contributed by atoms with Gasteiger partial charge in [0.25, 0.3) is 5.56 Å². The molecule has 0 bridgehead atoms. The van der Waals surface area contributed by atoms with Gasteiger partial charge in [-0.25, -0.2) is 4.98 Å². The molecule has 0 saturated heterocycles. The Labute approximate surface area is 162 Å². The normalized spacial score (nSPS) is 12.5. The smallest absolute Gasteiger partial charge is 0.261 e. The second-order valence-corrected chi connectivity index (χ2v) is 7.65. The molecule has 1 aromatic carbocycles. The van der Waals surface area contributed by atoms with Crippen molar-refractivity contribution in [2.24, 2.45) is 13.0 Å².